The fraction of sp³-hybridized carbons (Fsp3) is 0.368. The number of hydrogen-bond acceptors (Lipinski definition) is 6. The number of amides is 1. The van der Waals surface area contributed by atoms with E-state index in [4.69, 9.17) is 14.2 Å². The first kappa shape index (κ1) is 16.7. The molecule has 7 heteroatoms. The van der Waals surface area contributed by atoms with Crippen molar-refractivity contribution in [3.63, 3.8) is 0 Å². The summed E-state index contributed by atoms with van der Waals surface area (Å²) in [5.74, 6) is 1.89. The number of carbonyl (C=O) groups excluding carboxylic acids is 1. The van der Waals surface area contributed by atoms with Crippen molar-refractivity contribution < 1.29 is 19.0 Å². The second-order valence-electron chi connectivity index (χ2n) is 6.26. The molecule has 3 heterocycles. The molecule has 0 saturated carbocycles. The number of fused-ring (bicyclic) bond motifs is 1. The number of pyridine rings is 1. The van der Waals surface area contributed by atoms with Gasteiger partial charge in [0, 0.05) is 36.7 Å². The summed E-state index contributed by atoms with van der Waals surface area (Å²) in [7, 11) is 0. The minimum Gasteiger partial charge on any atom is -0.486 e. The molecule has 1 atom stereocenters. The van der Waals surface area contributed by atoms with Gasteiger partial charge in [-0.1, -0.05) is 0 Å². The van der Waals surface area contributed by atoms with Gasteiger partial charge in [-0.15, -0.1) is 0 Å². The second-order valence-corrected chi connectivity index (χ2v) is 6.26. The summed E-state index contributed by atoms with van der Waals surface area (Å²) in [4.78, 5) is 16.6. The van der Waals surface area contributed by atoms with Crippen molar-refractivity contribution in [2.24, 2.45) is 0 Å². The predicted molar refractivity (Wildman–Crippen MR) is 96.3 cm³/mol. The van der Waals surface area contributed by atoms with Crippen molar-refractivity contribution in [3.05, 3.63) is 42.1 Å². The maximum atomic E-state index is 12.3. The van der Waals surface area contributed by atoms with Gasteiger partial charge >= 0.3 is 0 Å². The first-order valence-corrected chi connectivity index (χ1v) is 8.80. The summed E-state index contributed by atoms with van der Waals surface area (Å²) in [6, 6.07) is 9.02. The van der Waals surface area contributed by atoms with Gasteiger partial charge in [-0.3, -0.25) is 4.79 Å². The van der Waals surface area contributed by atoms with Crippen LogP contribution in [0.25, 0.3) is 0 Å². The van der Waals surface area contributed by atoms with Crippen LogP contribution in [0, 0.1) is 0 Å². The van der Waals surface area contributed by atoms with Crippen molar-refractivity contribution in [1.82, 2.24) is 10.3 Å². The highest BCUT2D eigenvalue weighted by Gasteiger charge is 2.17. The molecule has 1 aromatic carbocycles. The lowest BCUT2D eigenvalue weighted by molar-refractivity contribution is 0.0857. The van der Waals surface area contributed by atoms with E-state index in [1.54, 1.807) is 18.3 Å². The molecule has 0 bridgehead atoms. The zero-order valence-electron chi connectivity index (χ0n) is 14.4. The van der Waals surface area contributed by atoms with Gasteiger partial charge in [-0.05, 0) is 37.1 Å². The molecule has 1 fully saturated rings. The molecule has 0 aliphatic carbocycles. The molecule has 2 aromatic rings. The number of anilines is 2. The summed E-state index contributed by atoms with van der Waals surface area (Å²) in [5, 5.41) is 6.11. The number of hydrogen-bond donors (Lipinski definition) is 2. The number of ether oxygens (including phenoxy) is 3. The minimum atomic E-state index is -0.131. The third kappa shape index (κ3) is 3.88. The van der Waals surface area contributed by atoms with Crippen LogP contribution in [0.3, 0.4) is 0 Å². The lowest BCUT2D eigenvalue weighted by Crippen LogP contribution is -2.31. The van der Waals surface area contributed by atoms with Crippen LogP contribution in [-0.2, 0) is 4.74 Å². The average molecular weight is 355 g/mol. The van der Waals surface area contributed by atoms with E-state index in [-0.39, 0.29) is 12.0 Å². The number of rotatable bonds is 5. The molecule has 1 amide bonds. The quantitative estimate of drug-likeness (QED) is 0.858. The van der Waals surface area contributed by atoms with Crippen LogP contribution in [-0.4, -0.2) is 43.4 Å². The van der Waals surface area contributed by atoms with Gasteiger partial charge in [-0.2, -0.15) is 0 Å². The Balaban J connectivity index is 1.41. The third-order valence-corrected chi connectivity index (χ3v) is 4.35. The molecule has 26 heavy (non-hydrogen) atoms. The summed E-state index contributed by atoms with van der Waals surface area (Å²) in [5.41, 5.74) is 1.37. The van der Waals surface area contributed by atoms with E-state index in [0.29, 0.717) is 36.9 Å². The van der Waals surface area contributed by atoms with Crippen LogP contribution in [0.5, 0.6) is 11.5 Å². The van der Waals surface area contributed by atoms with E-state index in [1.165, 1.54) is 0 Å². The van der Waals surface area contributed by atoms with E-state index in [1.807, 2.05) is 18.2 Å². The SMILES string of the molecule is O=C(NCC1CCCO1)c1ccnc(Nc2ccc3c(c2)OCCO3)c1. The van der Waals surface area contributed by atoms with E-state index < -0.39 is 0 Å². The van der Waals surface area contributed by atoms with Crippen LogP contribution in [0.1, 0.15) is 23.2 Å². The van der Waals surface area contributed by atoms with Gasteiger partial charge in [0.1, 0.15) is 19.0 Å². The number of nitrogens with zero attached hydrogens (tertiary/aromatic N) is 1. The maximum Gasteiger partial charge on any atom is 0.251 e. The molecule has 2 aliphatic rings. The van der Waals surface area contributed by atoms with Gasteiger partial charge in [-0.25, -0.2) is 4.98 Å². The molecule has 0 spiro atoms. The Morgan fingerprint density at radius 3 is 2.85 bits per heavy atom. The monoisotopic (exact) mass is 355 g/mol. The fourth-order valence-corrected chi connectivity index (χ4v) is 3.02. The van der Waals surface area contributed by atoms with Crippen molar-refractivity contribution in [2.45, 2.75) is 18.9 Å². The van der Waals surface area contributed by atoms with E-state index in [2.05, 4.69) is 15.6 Å². The van der Waals surface area contributed by atoms with Crippen LogP contribution >= 0.6 is 0 Å². The van der Waals surface area contributed by atoms with Crippen molar-refractivity contribution in [3.8, 4) is 11.5 Å². The molecule has 136 valence electrons. The molecular weight excluding hydrogens is 334 g/mol. The van der Waals surface area contributed by atoms with Crippen LogP contribution in [0.4, 0.5) is 11.5 Å². The Morgan fingerprint density at radius 2 is 2.00 bits per heavy atom. The molecular formula is C19H21N3O4. The molecule has 2 N–H and O–H groups in total. The minimum absolute atomic E-state index is 0.121. The summed E-state index contributed by atoms with van der Waals surface area (Å²) in [6.45, 7) is 2.41. The molecule has 4 rings (SSSR count). The topological polar surface area (TPSA) is 81.7 Å². The van der Waals surface area contributed by atoms with Crippen LogP contribution in [0.2, 0.25) is 0 Å². The highest BCUT2D eigenvalue weighted by atomic mass is 16.6. The van der Waals surface area contributed by atoms with Crippen LogP contribution < -0.4 is 20.1 Å². The largest absolute Gasteiger partial charge is 0.486 e. The Morgan fingerprint density at radius 1 is 1.12 bits per heavy atom. The molecule has 2 aliphatic heterocycles. The van der Waals surface area contributed by atoms with Gasteiger partial charge in [0.25, 0.3) is 5.91 Å². The van der Waals surface area contributed by atoms with E-state index in [0.717, 1.165) is 30.9 Å². The predicted octanol–water partition coefficient (Wildman–Crippen LogP) is 2.51. The highest BCUT2D eigenvalue weighted by molar-refractivity contribution is 5.94. The fourth-order valence-electron chi connectivity index (χ4n) is 3.02. The normalized spacial score (nSPS) is 18.4. The summed E-state index contributed by atoms with van der Waals surface area (Å²) >= 11 is 0. The molecule has 7 nitrogen and oxygen atoms in total. The maximum absolute atomic E-state index is 12.3. The van der Waals surface area contributed by atoms with Gasteiger partial charge < -0.3 is 24.8 Å². The third-order valence-electron chi connectivity index (χ3n) is 4.35. The average Bonchev–Trinajstić information content (AvgIpc) is 3.20. The van der Waals surface area contributed by atoms with E-state index in [9.17, 15) is 4.79 Å². The second kappa shape index (κ2) is 7.61. The number of aromatic nitrogens is 1. The molecule has 1 aromatic heterocycles. The van der Waals surface area contributed by atoms with E-state index >= 15 is 0 Å². The number of carbonyl (C=O) groups is 1. The van der Waals surface area contributed by atoms with Gasteiger partial charge in [0.05, 0.1) is 6.10 Å². The standard InChI is InChI=1S/C19H21N3O4/c23-19(21-12-15-2-1-7-24-15)13-5-6-20-18(10-13)22-14-3-4-16-17(11-14)26-9-8-25-16/h3-6,10-11,15H,1-2,7-9,12H2,(H,20,22)(H,21,23). The highest BCUT2D eigenvalue weighted by Crippen LogP contribution is 2.33. The lowest BCUT2D eigenvalue weighted by Gasteiger charge is -2.19. The first-order valence-electron chi connectivity index (χ1n) is 8.80. The molecule has 1 saturated heterocycles. The summed E-state index contributed by atoms with van der Waals surface area (Å²) in [6.07, 6.45) is 3.78. The first-order chi connectivity index (χ1) is 12.8. The van der Waals surface area contributed by atoms with Crippen molar-refractivity contribution in [2.75, 3.05) is 31.7 Å². The van der Waals surface area contributed by atoms with Gasteiger partial charge in [0.15, 0.2) is 11.5 Å². The summed E-state index contributed by atoms with van der Waals surface area (Å²) < 4.78 is 16.6. The van der Waals surface area contributed by atoms with Gasteiger partial charge in [0.2, 0.25) is 0 Å². The number of benzene rings is 1. The smallest absolute Gasteiger partial charge is 0.251 e. The van der Waals surface area contributed by atoms with Crippen LogP contribution in [0.15, 0.2) is 36.5 Å². The Bertz CT molecular complexity index is 790. The lowest BCUT2D eigenvalue weighted by atomic mass is 10.2. The zero-order valence-corrected chi connectivity index (χ0v) is 14.4. The Kier molecular flexibility index (Phi) is 4.88. The number of nitrogens with one attached hydrogen (secondary N) is 2. The molecule has 1 unspecified atom stereocenters. The van der Waals surface area contributed by atoms with Crippen molar-refractivity contribution in [1.29, 1.82) is 0 Å². The zero-order chi connectivity index (χ0) is 17.8. The molecule has 0 radical (unpaired) electrons. The Labute approximate surface area is 151 Å². The van der Waals surface area contributed by atoms with Crippen molar-refractivity contribution >= 4 is 17.4 Å². The Hall–Kier alpha value is -2.80.